The summed E-state index contributed by atoms with van der Waals surface area (Å²) < 4.78 is 0. The lowest BCUT2D eigenvalue weighted by Crippen LogP contribution is -2.47. The molecule has 1 aromatic carbocycles. The molecular formula is C15H22N2. The monoisotopic (exact) mass is 230 g/mol. The summed E-state index contributed by atoms with van der Waals surface area (Å²) in [5.74, 6) is 0.612. The van der Waals surface area contributed by atoms with Gasteiger partial charge >= 0.3 is 0 Å². The largest absolute Gasteiger partial charge is 0.381 e. The number of rotatable bonds is 1. The SMILES string of the molecule is CC(C)c1ccc2c(c1)NCC1CCCCN21. The molecule has 2 aliphatic heterocycles. The van der Waals surface area contributed by atoms with Gasteiger partial charge in [0.15, 0.2) is 0 Å². The van der Waals surface area contributed by atoms with Crippen LogP contribution in [0.3, 0.4) is 0 Å². The zero-order valence-electron chi connectivity index (χ0n) is 10.9. The molecule has 0 aliphatic carbocycles. The van der Waals surface area contributed by atoms with Gasteiger partial charge in [-0.15, -0.1) is 0 Å². The van der Waals surface area contributed by atoms with E-state index < -0.39 is 0 Å². The van der Waals surface area contributed by atoms with Gasteiger partial charge in [0.25, 0.3) is 0 Å². The molecule has 0 amide bonds. The van der Waals surface area contributed by atoms with Gasteiger partial charge in [0.2, 0.25) is 0 Å². The highest BCUT2D eigenvalue weighted by Crippen LogP contribution is 2.36. The fourth-order valence-electron chi connectivity index (χ4n) is 3.06. The predicted octanol–water partition coefficient (Wildman–Crippen LogP) is 3.59. The summed E-state index contributed by atoms with van der Waals surface area (Å²) in [6.45, 7) is 6.87. The van der Waals surface area contributed by atoms with Gasteiger partial charge in [0, 0.05) is 19.1 Å². The lowest BCUT2D eigenvalue weighted by atomic mass is 9.95. The van der Waals surface area contributed by atoms with E-state index in [2.05, 4.69) is 42.3 Å². The molecule has 0 radical (unpaired) electrons. The number of nitrogens with zero attached hydrogens (tertiary/aromatic N) is 1. The topological polar surface area (TPSA) is 15.3 Å². The van der Waals surface area contributed by atoms with Crippen LogP contribution in [0.4, 0.5) is 11.4 Å². The number of hydrogen-bond acceptors (Lipinski definition) is 2. The highest BCUT2D eigenvalue weighted by molar-refractivity contribution is 5.74. The van der Waals surface area contributed by atoms with Crippen LogP contribution in [0.15, 0.2) is 18.2 Å². The Kier molecular flexibility index (Phi) is 2.73. The van der Waals surface area contributed by atoms with Crippen LogP contribution >= 0.6 is 0 Å². The summed E-state index contributed by atoms with van der Waals surface area (Å²) in [5.41, 5.74) is 4.20. The van der Waals surface area contributed by atoms with E-state index in [0.717, 1.165) is 12.6 Å². The summed E-state index contributed by atoms with van der Waals surface area (Å²) in [5, 5.41) is 3.62. The van der Waals surface area contributed by atoms with E-state index in [1.807, 2.05) is 0 Å². The Morgan fingerprint density at radius 1 is 1.29 bits per heavy atom. The van der Waals surface area contributed by atoms with Gasteiger partial charge < -0.3 is 10.2 Å². The molecule has 0 aromatic heterocycles. The molecular weight excluding hydrogens is 208 g/mol. The van der Waals surface area contributed by atoms with Crippen LogP contribution in [0, 0.1) is 0 Å². The molecule has 1 saturated heterocycles. The molecule has 2 heterocycles. The first-order chi connectivity index (χ1) is 8.25. The average molecular weight is 230 g/mol. The zero-order valence-corrected chi connectivity index (χ0v) is 10.9. The minimum Gasteiger partial charge on any atom is -0.381 e. The van der Waals surface area contributed by atoms with Crippen LogP contribution in [-0.2, 0) is 0 Å². The van der Waals surface area contributed by atoms with Crippen molar-refractivity contribution in [2.24, 2.45) is 0 Å². The Hall–Kier alpha value is -1.18. The maximum atomic E-state index is 3.62. The molecule has 0 saturated carbocycles. The number of nitrogens with one attached hydrogen (secondary N) is 1. The first kappa shape index (κ1) is 10.9. The van der Waals surface area contributed by atoms with Crippen LogP contribution in [0.25, 0.3) is 0 Å². The lowest BCUT2D eigenvalue weighted by Gasteiger charge is -2.42. The Bertz CT molecular complexity index is 411. The lowest BCUT2D eigenvalue weighted by molar-refractivity contribution is 0.466. The molecule has 2 heteroatoms. The van der Waals surface area contributed by atoms with Gasteiger partial charge in [0.05, 0.1) is 11.4 Å². The molecule has 0 bridgehead atoms. The van der Waals surface area contributed by atoms with Gasteiger partial charge in [-0.3, -0.25) is 0 Å². The van der Waals surface area contributed by atoms with E-state index in [0.29, 0.717) is 5.92 Å². The number of piperidine rings is 1. The highest BCUT2D eigenvalue weighted by Gasteiger charge is 2.28. The average Bonchev–Trinajstić information content (AvgIpc) is 2.38. The minimum atomic E-state index is 0.612. The van der Waals surface area contributed by atoms with Gasteiger partial charge in [0.1, 0.15) is 0 Å². The normalized spacial score (nSPS) is 23.0. The predicted molar refractivity (Wildman–Crippen MR) is 74.0 cm³/mol. The minimum absolute atomic E-state index is 0.612. The summed E-state index contributed by atoms with van der Waals surface area (Å²) >= 11 is 0. The summed E-state index contributed by atoms with van der Waals surface area (Å²) in [6.07, 6.45) is 4.09. The molecule has 1 fully saturated rings. The third kappa shape index (κ3) is 1.90. The standard InChI is InChI=1S/C15H22N2/c1-11(2)12-6-7-15-14(9-12)16-10-13-5-3-4-8-17(13)15/h6-7,9,11,13,16H,3-5,8,10H2,1-2H3. The van der Waals surface area contributed by atoms with Crippen LogP contribution < -0.4 is 10.2 Å². The molecule has 1 aromatic rings. The Labute approximate surface area is 104 Å². The third-order valence-corrected chi connectivity index (χ3v) is 4.15. The molecule has 2 nitrogen and oxygen atoms in total. The molecule has 1 unspecified atom stereocenters. The van der Waals surface area contributed by atoms with Crippen LogP contribution in [0.5, 0.6) is 0 Å². The van der Waals surface area contributed by atoms with Crippen molar-refractivity contribution < 1.29 is 0 Å². The quantitative estimate of drug-likeness (QED) is 0.793. The number of hydrogen-bond donors (Lipinski definition) is 1. The Balaban J connectivity index is 1.95. The molecule has 92 valence electrons. The molecule has 17 heavy (non-hydrogen) atoms. The second-order valence-corrected chi connectivity index (χ2v) is 5.66. The number of fused-ring (bicyclic) bond motifs is 3. The highest BCUT2D eigenvalue weighted by atomic mass is 15.2. The Morgan fingerprint density at radius 3 is 3.00 bits per heavy atom. The van der Waals surface area contributed by atoms with Crippen molar-refractivity contribution in [3.8, 4) is 0 Å². The van der Waals surface area contributed by atoms with Crippen molar-refractivity contribution in [1.82, 2.24) is 0 Å². The van der Waals surface area contributed by atoms with Crippen molar-refractivity contribution in [3.05, 3.63) is 23.8 Å². The summed E-state index contributed by atoms with van der Waals surface area (Å²) in [6, 6.07) is 7.67. The van der Waals surface area contributed by atoms with Gasteiger partial charge in [-0.25, -0.2) is 0 Å². The number of anilines is 2. The van der Waals surface area contributed by atoms with E-state index in [-0.39, 0.29) is 0 Å². The van der Waals surface area contributed by atoms with E-state index in [4.69, 9.17) is 0 Å². The van der Waals surface area contributed by atoms with Crippen molar-refractivity contribution in [2.75, 3.05) is 23.3 Å². The maximum Gasteiger partial charge on any atom is 0.0605 e. The maximum absolute atomic E-state index is 3.62. The third-order valence-electron chi connectivity index (χ3n) is 4.15. The Morgan fingerprint density at radius 2 is 2.18 bits per heavy atom. The molecule has 3 rings (SSSR count). The number of benzene rings is 1. The van der Waals surface area contributed by atoms with Crippen molar-refractivity contribution in [2.45, 2.75) is 45.1 Å². The van der Waals surface area contributed by atoms with Gasteiger partial charge in [-0.05, 0) is 42.9 Å². The van der Waals surface area contributed by atoms with E-state index >= 15 is 0 Å². The van der Waals surface area contributed by atoms with E-state index in [9.17, 15) is 0 Å². The molecule has 1 N–H and O–H groups in total. The second kappa shape index (κ2) is 4.25. The van der Waals surface area contributed by atoms with Crippen molar-refractivity contribution in [1.29, 1.82) is 0 Å². The first-order valence-electron chi connectivity index (χ1n) is 6.90. The molecule has 2 aliphatic rings. The van der Waals surface area contributed by atoms with Gasteiger partial charge in [-0.2, -0.15) is 0 Å². The second-order valence-electron chi connectivity index (χ2n) is 5.66. The summed E-state index contributed by atoms with van der Waals surface area (Å²) in [4.78, 5) is 2.61. The first-order valence-corrected chi connectivity index (χ1v) is 6.90. The van der Waals surface area contributed by atoms with E-state index in [1.165, 1.54) is 42.7 Å². The van der Waals surface area contributed by atoms with Crippen LogP contribution in [0.1, 0.15) is 44.6 Å². The molecule has 1 atom stereocenters. The fraction of sp³-hybridized carbons (Fsp3) is 0.600. The van der Waals surface area contributed by atoms with Crippen LogP contribution in [0.2, 0.25) is 0 Å². The van der Waals surface area contributed by atoms with Gasteiger partial charge in [-0.1, -0.05) is 19.9 Å². The van der Waals surface area contributed by atoms with Crippen molar-refractivity contribution >= 4 is 11.4 Å². The summed E-state index contributed by atoms with van der Waals surface area (Å²) in [7, 11) is 0. The smallest absolute Gasteiger partial charge is 0.0605 e. The van der Waals surface area contributed by atoms with E-state index in [1.54, 1.807) is 0 Å². The van der Waals surface area contributed by atoms with Crippen molar-refractivity contribution in [3.63, 3.8) is 0 Å². The zero-order chi connectivity index (χ0) is 11.8. The fourth-order valence-corrected chi connectivity index (χ4v) is 3.06. The molecule has 0 spiro atoms. The van der Waals surface area contributed by atoms with Crippen LogP contribution in [-0.4, -0.2) is 19.1 Å².